The lowest BCUT2D eigenvalue weighted by Gasteiger charge is -2.41. The number of piperazine rings is 1. The zero-order chi connectivity index (χ0) is 30.5. The summed E-state index contributed by atoms with van der Waals surface area (Å²) in [6, 6.07) is 5.93. The number of rotatable bonds is 7. The number of hydrogen-bond acceptors (Lipinski definition) is 10. The van der Waals surface area contributed by atoms with Gasteiger partial charge >= 0.3 is 0 Å². The van der Waals surface area contributed by atoms with Gasteiger partial charge < -0.3 is 19.9 Å². The number of hydrogen-bond donors (Lipinski definition) is 1. The molecule has 1 amide bonds. The van der Waals surface area contributed by atoms with Crippen molar-refractivity contribution < 1.29 is 18.3 Å². The Labute approximate surface area is 250 Å². The fourth-order valence-corrected chi connectivity index (χ4v) is 5.66. The molecule has 224 valence electrons. The number of aromatic nitrogens is 7. The van der Waals surface area contributed by atoms with Gasteiger partial charge in [-0.05, 0) is 43.9 Å². The van der Waals surface area contributed by atoms with Crippen LogP contribution in [0.5, 0.6) is 11.5 Å². The zero-order valence-corrected chi connectivity index (χ0v) is 24.0. The molecule has 4 heterocycles. The van der Waals surface area contributed by atoms with Gasteiger partial charge in [-0.2, -0.15) is 0 Å². The highest BCUT2D eigenvalue weighted by molar-refractivity contribution is 5.88. The molecule has 0 unspecified atom stereocenters. The van der Waals surface area contributed by atoms with Crippen LogP contribution < -0.4 is 15.0 Å². The standard InChI is InChI=1S/C30H28F2N10O2/c1-4-25(43)42-10-9-41(14-23(42)17-5-6-17)30-33-13-22-27(37-30)29(35-15-34-22)36-20-7-8-24(16(2)26(20)32)44-18-11-19(31)28-21(12-18)38-39-40(28)3/h4,7-8,11-13,15,17,23H,1,5-6,9-10,14H2,2-3H3,(H,34,35,36)/t23-/m0/s1. The van der Waals surface area contributed by atoms with Crippen LogP contribution in [0.4, 0.5) is 26.2 Å². The highest BCUT2D eigenvalue weighted by Gasteiger charge is 2.40. The van der Waals surface area contributed by atoms with E-state index in [2.05, 4.69) is 42.1 Å². The number of nitrogens with one attached hydrogen (secondary N) is 1. The van der Waals surface area contributed by atoms with Gasteiger partial charge in [0.05, 0.1) is 17.9 Å². The van der Waals surface area contributed by atoms with Crippen molar-refractivity contribution in [1.82, 2.24) is 39.8 Å². The first kappa shape index (κ1) is 27.6. The SMILES string of the molecule is C=CC(=O)N1CCN(c2ncc3ncnc(Nc4ccc(Oc5cc(F)c6c(c5)nnn6C)c(C)c4F)c3n2)C[C@H]1C1CC1. The molecule has 0 bridgehead atoms. The summed E-state index contributed by atoms with van der Waals surface area (Å²) in [5, 5.41) is 10.8. The van der Waals surface area contributed by atoms with Crippen LogP contribution in [0.3, 0.4) is 0 Å². The molecule has 5 aromatic rings. The maximum atomic E-state index is 15.6. The summed E-state index contributed by atoms with van der Waals surface area (Å²) in [6.45, 7) is 6.93. The van der Waals surface area contributed by atoms with Gasteiger partial charge in [-0.1, -0.05) is 11.8 Å². The first-order valence-corrected chi connectivity index (χ1v) is 14.2. The quantitative estimate of drug-likeness (QED) is 0.269. The molecule has 1 aliphatic heterocycles. The number of amides is 1. The van der Waals surface area contributed by atoms with Gasteiger partial charge in [0, 0.05) is 44.4 Å². The second kappa shape index (κ2) is 10.8. The number of carbonyl (C=O) groups is 1. The van der Waals surface area contributed by atoms with E-state index in [-0.39, 0.29) is 40.2 Å². The topological polar surface area (TPSA) is 127 Å². The molecule has 1 aliphatic carbocycles. The van der Waals surface area contributed by atoms with Gasteiger partial charge in [0.2, 0.25) is 11.9 Å². The van der Waals surface area contributed by atoms with Crippen molar-refractivity contribution in [1.29, 1.82) is 0 Å². The summed E-state index contributed by atoms with van der Waals surface area (Å²) in [5.74, 6) is 0.451. The van der Waals surface area contributed by atoms with Crippen LogP contribution in [0.1, 0.15) is 18.4 Å². The second-order valence-electron chi connectivity index (χ2n) is 11.0. The lowest BCUT2D eigenvalue weighted by Crippen LogP contribution is -2.56. The van der Waals surface area contributed by atoms with Crippen LogP contribution in [0, 0.1) is 24.5 Å². The van der Waals surface area contributed by atoms with Gasteiger partial charge in [-0.15, -0.1) is 5.10 Å². The molecule has 1 saturated heterocycles. The number of nitrogens with zero attached hydrogens (tertiary/aromatic N) is 9. The first-order valence-electron chi connectivity index (χ1n) is 14.2. The maximum absolute atomic E-state index is 15.6. The number of halogens is 2. The van der Waals surface area contributed by atoms with E-state index in [0.29, 0.717) is 53.9 Å². The van der Waals surface area contributed by atoms with Gasteiger partial charge in [0.15, 0.2) is 17.5 Å². The van der Waals surface area contributed by atoms with E-state index in [1.165, 1.54) is 29.2 Å². The van der Waals surface area contributed by atoms with E-state index < -0.39 is 11.6 Å². The lowest BCUT2D eigenvalue weighted by atomic mass is 10.1. The number of aryl methyl sites for hydroxylation is 1. The zero-order valence-electron chi connectivity index (χ0n) is 24.0. The highest BCUT2D eigenvalue weighted by atomic mass is 19.1. The van der Waals surface area contributed by atoms with E-state index >= 15 is 4.39 Å². The van der Waals surface area contributed by atoms with Crippen molar-refractivity contribution in [2.45, 2.75) is 25.8 Å². The molecule has 44 heavy (non-hydrogen) atoms. The number of ether oxygens (including phenoxy) is 1. The number of carbonyl (C=O) groups excluding carboxylic acids is 1. The molecule has 14 heteroatoms. The third-order valence-corrected chi connectivity index (χ3v) is 8.13. The Balaban J connectivity index is 1.14. The van der Waals surface area contributed by atoms with E-state index in [4.69, 9.17) is 9.72 Å². The Morgan fingerprint density at radius 2 is 1.98 bits per heavy atom. The Kier molecular flexibility index (Phi) is 6.75. The van der Waals surface area contributed by atoms with Crippen molar-refractivity contribution in [3.05, 3.63) is 66.6 Å². The molecule has 3 aromatic heterocycles. The van der Waals surface area contributed by atoms with Crippen LogP contribution >= 0.6 is 0 Å². The molecule has 1 atom stereocenters. The predicted octanol–water partition coefficient (Wildman–Crippen LogP) is 4.44. The molecule has 12 nitrogen and oxygen atoms in total. The Hall–Kier alpha value is -5.27. The number of benzene rings is 2. The Bertz CT molecular complexity index is 1940. The molecular formula is C30H28F2N10O2. The summed E-state index contributed by atoms with van der Waals surface area (Å²) in [5.41, 5.74) is 1.85. The summed E-state index contributed by atoms with van der Waals surface area (Å²) >= 11 is 0. The molecule has 2 fully saturated rings. The molecule has 1 saturated carbocycles. The predicted molar refractivity (Wildman–Crippen MR) is 159 cm³/mol. The van der Waals surface area contributed by atoms with Crippen LogP contribution in [0.15, 0.2) is 49.4 Å². The van der Waals surface area contributed by atoms with Crippen molar-refractivity contribution in [2.24, 2.45) is 13.0 Å². The lowest BCUT2D eigenvalue weighted by molar-refractivity contribution is -0.129. The van der Waals surface area contributed by atoms with Crippen molar-refractivity contribution in [3.8, 4) is 11.5 Å². The van der Waals surface area contributed by atoms with Gasteiger partial charge in [0.1, 0.15) is 39.9 Å². The summed E-state index contributed by atoms with van der Waals surface area (Å²) < 4.78 is 37.4. The first-order chi connectivity index (χ1) is 21.3. The normalized spacial score (nSPS) is 16.9. The van der Waals surface area contributed by atoms with E-state index in [1.807, 2.05) is 4.90 Å². The van der Waals surface area contributed by atoms with E-state index in [1.54, 1.807) is 32.3 Å². The third kappa shape index (κ3) is 4.91. The fraction of sp³-hybridized carbons (Fsp3) is 0.300. The van der Waals surface area contributed by atoms with Crippen molar-refractivity contribution in [2.75, 3.05) is 29.9 Å². The number of fused-ring (bicyclic) bond motifs is 2. The summed E-state index contributed by atoms with van der Waals surface area (Å²) in [6.07, 6.45) is 6.51. The minimum absolute atomic E-state index is 0.0617. The molecule has 2 aliphatic rings. The average molecular weight is 599 g/mol. The maximum Gasteiger partial charge on any atom is 0.246 e. The minimum atomic E-state index is -0.570. The minimum Gasteiger partial charge on any atom is -0.457 e. The summed E-state index contributed by atoms with van der Waals surface area (Å²) in [4.78, 5) is 34.3. The van der Waals surface area contributed by atoms with Gasteiger partial charge in [-0.25, -0.2) is 33.4 Å². The van der Waals surface area contributed by atoms with E-state index in [9.17, 15) is 9.18 Å². The molecule has 7 rings (SSSR count). The van der Waals surface area contributed by atoms with Crippen LogP contribution in [-0.4, -0.2) is 71.4 Å². The fourth-order valence-electron chi connectivity index (χ4n) is 5.66. The number of anilines is 3. The Morgan fingerprint density at radius 3 is 2.77 bits per heavy atom. The van der Waals surface area contributed by atoms with E-state index in [0.717, 1.165) is 12.8 Å². The molecule has 1 N–H and O–H groups in total. The molecule has 0 radical (unpaired) electrons. The smallest absolute Gasteiger partial charge is 0.246 e. The average Bonchev–Trinajstić information content (AvgIpc) is 3.82. The van der Waals surface area contributed by atoms with Crippen LogP contribution in [0.2, 0.25) is 0 Å². The molecule has 2 aromatic carbocycles. The van der Waals surface area contributed by atoms with Crippen LogP contribution in [-0.2, 0) is 11.8 Å². The van der Waals surface area contributed by atoms with Crippen molar-refractivity contribution in [3.63, 3.8) is 0 Å². The molecular weight excluding hydrogens is 570 g/mol. The highest BCUT2D eigenvalue weighted by Crippen LogP contribution is 2.38. The van der Waals surface area contributed by atoms with Gasteiger partial charge in [0.25, 0.3) is 0 Å². The van der Waals surface area contributed by atoms with Gasteiger partial charge in [-0.3, -0.25) is 4.79 Å². The Morgan fingerprint density at radius 1 is 1.14 bits per heavy atom. The summed E-state index contributed by atoms with van der Waals surface area (Å²) in [7, 11) is 1.59. The third-order valence-electron chi connectivity index (χ3n) is 8.13. The second-order valence-corrected chi connectivity index (χ2v) is 11.0. The largest absolute Gasteiger partial charge is 0.457 e. The monoisotopic (exact) mass is 598 g/mol. The molecule has 0 spiro atoms. The van der Waals surface area contributed by atoms with Crippen molar-refractivity contribution >= 4 is 45.4 Å². The van der Waals surface area contributed by atoms with Crippen LogP contribution in [0.25, 0.3) is 22.1 Å².